The van der Waals surface area contributed by atoms with Gasteiger partial charge in [-0.25, -0.2) is 0 Å². The third-order valence-electron chi connectivity index (χ3n) is 5.37. The monoisotopic (exact) mass is 409 g/mol. The van der Waals surface area contributed by atoms with Crippen molar-refractivity contribution in [2.75, 3.05) is 0 Å². The summed E-state index contributed by atoms with van der Waals surface area (Å²) in [6.07, 6.45) is 2.17. The number of hydrogen-bond acceptors (Lipinski definition) is 2. The molecule has 0 radical (unpaired) electrons. The average Bonchev–Trinajstić information content (AvgIpc) is 2.77. The lowest BCUT2D eigenvalue weighted by atomic mass is 9.98. The molecule has 0 heterocycles. The molecule has 0 spiro atoms. The molecule has 0 aliphatic rings. The van der Waals surface area contributed by atoms with Gasteiger partial charge in [0.15, 0.2) is 0 Å². The molecule has 0 saturated heterocycles. The maximum Gasteiger partial charge on any atom is 0.0462 e. The second-order valence-corrected chi connectivity index (χ2v) is 8.41. The SMILES string of the molecule is CC(/C(S)=C/c1cccc2ccccc12)=C(/NC(C)C)c1cccc2ccccc12. The van der Waals surface area contributed by atoms with Crippen molar-refractivity contribution < 1.29 is 0 Å². The van der Waals surface area contributed by atoms with Crippen LogP contribution < -0.4 is 5.32 Å². The molecule has 0 aliphatic carbocycles. The summed E-state index contributed by atoms with van der Waals surface area (Å²) >= 11 is 4.93. The molecule has 0 atom stereocenters. The number of allylic oxidation sites excluding steroid dienone is 1. The predicted molar refractivity (Wildman–Crippen MR) is 136 cm³/mol. The number of fused-ring (bicyclic) bond motifs is 2. The van der Waals surface area contributed by atoms with E-state index in [1.54, 1.807) is 0 Å². The summed E-state index contributed by atoms with van der Waals surface area (Å²) in [6.45, 7) is 6.49. The Morgan fingerprint density at radius 1 is 0.767 bits per heavy atom. The Hall–Kier alpha value is -2.97. The molecule has 4 aromatic carbocycles. The second-order valence-electron chi connectivity index (χ2n) is 7.92. The maximum atomic E-state index is 4.93. The lowest BCUT2D eigenvalue weighted by molar-refractivity contribution is 0.715. The van der Waals surface area contributed by atoms with Crippen LogP contribution in [0.1, 0.15) is 31.9 Å². The number of benzene rings is 4. The van der Waals surface area contributed by atoms with Crippen LogP contribution in [-0.2, 0) is 0 Å². The van der Waals surface area contributed by atoms with Crippen molar-refractivity contribution in [1.82, 2.24) is 5.32 Å². The first-order valence-corrected chi connectivity index (χ1v) is 10.8. The molecule has 0 unspecified atom stereocenters. The quantitative estimate of drug-likeness (QED) is 0.254. The van der Waals surface area contributed by atoms with E-state index in [4.69, 9.17) is 12.6 Å². The highest BCUT2D eigenvalue weighted by Crippen LogP contribution is 2.31. The van der Waals surface area contributed by atoms with Crippen LogP contribution in [0.25, 0.3) is 33.3 Å². The van der Waals surface area contributed by atoms with E-state index in [2.05, 4.69) is 117 Å². The lowest BCUT2D eigenvalue weighted by Gasteiger charge is -2.20. The first-order valence-electron chi connectivity index (χ1n) is 10.4. The molecule has 4 rings (SSSR count). The summed E-state index contributed by atoms with van der Waals surface area (Å²) in [5.74, 6) is 0. The van der Waals surface area contributed by atoms with Gasteiger partial charge in [0.05, 0.1) is 0 Å². The fourth-order valence-corrected chi connectivity index (χ4v) is 4.13. The van der Waals surface area contributed by atoms with Gasteiger partial charge in [0.25, 0.3) is 0 Å². The van der Waals surface area contributed by atoms with E-state index < -0.39 is 0 Å². The molecule has 1 N–H and O–H groups in total. The molecular weight excluding hydrogens is 382 g/mol. The Labute approximate surface area is 184 Å². The molecule has 0 aliphatic heterocycles. The van der Waals surface area contributed by atoms with Crippen LogP contribution in [0.3, 0.4) is 0 Å². The van der Waals surface area contributed by atoms with E-state index in [-0.39, 0.29) is 0 Å². The molecule has 30 heavy (non-hydrogen) atoms. The van der Waals surface area contributed by atoms with Crippen LogP contribution >= 0.6 is 12.6 Å². The molecule has 0 saturated carbocycles. The average molecular weight is 410 g/mol. The first-order chi connectivity index (χ1) is 14.5. The summed E-state index contributed by atoms with van der Waals surface area (Å²) in [6, 6.07) is 30.2. The molecule has 2 heteroatoms. The van der Waals surface area contributed by atoms with Gasteiger partial charge in [0.2, 0.25) is 0 Å². The van der Waals surface area contributed by atoms with Gasteiger partial charge in [-0.3, -0.25) is 0 Å². The minimum Gasteiger partial charge on any atom is -0.382 e. The fraction of sp³-hybridized carbons (Fsp3) is 0.143. The second kappa shape index (κ2) is 8.81. The maximum absolute atomic E-state index is 4.93. The van der Waals surface area contributed by atoms with Crippen LogP contribution in [0.2, 0.25) is 0 Å². The van der Waals surface area contributed by atoms with Gasteiger partial charge < -0.3 is 5.32 Å². The van der Waals surface area contributed by atoms with Crippen molar-refractivity contribution in [3.63, 3.8) is 0 Å². The lowest BCUT2D eigenvalue weighted by Crippen LogP contribution is -2.22. The summed E-state index contributed by atoms with van der Waals surface area (Å²) in [7, 11) is 0. The largest absolute Gasteiger partial charge is 0.382 e. The van der Waals surface area contributed by atoms with Crippen molar-refractivity contribution in [3.05, 3.63) is 107 Å². The summed E-state index contributed by atoms with van der Waals surface area (Å²) in [5.41, 5.74) is 4.65. The van der Waals surface area contributed by atoms with Crippen molar-refractivity contribution >= 4 is 45.9 Å². The molecular formula is C28H27NS. The Morgan fingerprint density at radius 3 is 2.03 bits per heavy atom. The smallest absolute Gasteiger partial charge is 0.0462 e. The van der Waals surface area contributed by atoms with E-state index in [0.29, 0.717) is 6.04 Å². The number of hydrogen-bond donors (Lipinski definition) is 2. The van der Waals surface area contributed by atoms with Gasteiger partial charge in [0, 0.05) is 22.2 Å². The topological polar surface area (TPSA) is 12.0 Å². The normalized spacial score (nSPS) is 13.0. The van der Waals surface area contributed by atoms with Gasteiger partial charge in [0.1, 0.15) is 0 Å². The van der Waals surface area contributed by atoms with Crippen LogP contribution in [-0.4, -0.2) is 6.04 Å². The van der Waals surface area contributed by atoms with Gasteiger partial charge in [-0.15, -0.1) is 12.6 Å². The Kier molecular flexibility index (Phi) is 5.96. The van der Waals surface area contributed by atoms with Gasteiger partial charge in [-0.2, -0.15) is 0 Å². The molecule has 4 aromatic rings. The third-order valence-corrected chi connectivity index (χ3v) is 5.83. The van der Waals surface area contributed by atoms with Crippen molar-refractivity contribution in [2.24, 2.45) is 0 Å². The van der Waals surface area contributed by atoms with Crippen LogP contribution in [0.4, 0.5) is 0 Å². The van der Waals surface area contributed by atoms with E-state index in [1.807, 2.05) is 0 Å². The zero-order chi connectivity index (χ0) is 21.1. The number of rotatable bonds is 5. The molecule has 150 valence electrons. The van der Waals surface area contributed by atoms with Crippen molar-refractivity contribution in [1.29, 1.82) is 0 Å². The van der Waals surface area contributed by atoms with Crippen LogP contribution in [0.5, 0.6) is 0 Å². The summed E-state index contributed by atoms with van der Waals surface area (Å²) in [5, 5.41) is 8.64. The summed E-state index contributed by atoms with van der Waals surface area (Å²) < 4.78 is 0. The van der Waals surface area contributed by atoms with E-state index in [1.165, 1.54) is 32.7 Å². The minimum absolute atomic E-state index is 0.313. The Morgan fingerprint density at radius 2 is 1.33 bits per heavy atom. The minimum atomic E-state index is 0.313. The molecule has 1 nitrogen and oxygen atoms in total. The van der Waals surface area contributed by atoms with Crippen LogP contribution in [0, 0.1) is 0 Å². The van der Waals surface area contributed by atoms with Crippen LogP contribution in [0.15, 0.2) is 95.4 Å². The number of thiol groups is 1. The zero-order valence-corrected chi connectivity index (χ0v) is 18.6. The third kappa shape index (κ3) is 4.15. The van der Waals surface area contributed by atoms with Gasteiger partial charge >= 0.3 is 0 Å². The first kappa shape index (κ1) is 20.3. The standard InChI is InChI=1S/C28H27NS/c1-19(2)29-28(26-17-9-13-22-11-5-7-16-25(22)26)20(3)27(30)18-23-14-8-12-21-10-4-6-15-24(21)23/h4-19,29-30H,1-3H3/b27-18-,28-20-. The highest BCUT2D eigenvalue weighted by Gasteiger charge is 2.13. The molecule has 0 fully saturated rings. The molecule has 0 bridgehead atoms. The number of nitrogens with one attached hydrogen (secondary N) is 1. The highest BCUT2D eigenvalue weighted by atomic mass is 32.1. The van der Waals surface area contributed by atoms with Crippen molar-refractivity contribution in [2.45, 2.75) is 26.8 Å². The van der Waals surface area contributed by atoms with Crippen molar-refractivity contribution in [3.8, 4) is 0 Å². The van der Waals surface area contributed by atoms with E-state index >= 15 is 0 Å². The van der Waals surface area contributed by atoms with Gasteiger partial charge in [-0.05, 0) is 59.5 Å². The summed E-state index contributed by atoms with van der Waals surface area (Å²) in [4.78, 5) is 0.961. The zero-order valence-electron chi connectivity index (χ0n) is 17.7. The van der Waals surface area contributed by atoms with Gasteiger partial charge in [-0.1, -0.05) is 84.9 Å². The molecule has 0 amide bonds. The van der Waals surface area contributed by atoms with E-state index in [0.717, 1.165) is 16.2 Å². The molecule has 0 aromatic heterocycles. The fourth-order valence-electron chi connectivity index (χ4n) is 3.88. The Balaban J connectivity index is 1.88. The predicted octanol–water partition coefficient (Wildman–Crippen LogP) is 7.69. The van der Waals surface area contributed by atoms with E-state index in [9.17, 15) is 0 Å². The Bertz CT molecular complexity index is 1250. The highest BCUT2D eigenvalue weighted by molar-refractivity contribution is 7.85.